The fourth-order valence-corrected chi connectivity index (χ4v) is 4.87. The number of nitrogens with zero attached hydrogens (tertiary/aromatic N) is 1. The Kier molecular flexibility index (Phi) is 3.95. The van der Waals surface area contributed by atoms with Crippen LogP contribution in [0.15, 0.2) is 23.1 Å². The van der Waals surface area contributed by atoms with Gasteiger partial charge >= 0.3 is 0 Å². The van der Waals surface area contributed by atoms with E-state index < -0.39 is 10.0 Å². The van der Waals surface area contributed by atoms with E-state index in [0.29, 0.717) is 18.0 Å². The lowest BCUT2D eigenvalue weighted by molar-refractivity contribution is 0.138. The second-order valence-electron chi connectivity index (χ2n) is 6.80. The summed E-state index contributed by atoms with van der Waals surface area (Å²) < 4.78 is 33.2. The van der Waals surface area contributed by atoms with Crippen molar-refractivity contribution >= 4 is 10.0 Å². The smallest absolute Gasteiger partial charge is 0.243 e. The van der Waals surface area contributed by atoms with Gasteiger partial charge < -0.3 is 10.1 Å². The second kappa shape index (κ2) is 5.51. The summed E-state index contributed by atoms with van der Waals surface area (Å²) in [7, 11) is -1.54. The Balaban J connectivity index is 1.88. The predicted molar refractivity (Wildman–Crippen MR) is 85.7 cm³/mol. The zero-order valence-electron chi connectivity index (χ0n) is 13.4. The molecule has 0 bridgehead atoms. The first-order valence-corrected chi connectivity index (χ1v) is 9.25. The SMILES string of the molecule is CNC1CCCN(S(=O)(=O)c2ccc3c(c2)CC(C)(C)O3)C1. The van der Waals surface area contributed by atoms with E-state index in [9.17, 15) is 8.42 Å². The standard InChI is InChI=1S/C16H24N2O3S/c1-16(2)10-12-9-14(6-7-15(12)21-16)22(19,20)18-8-4-5-13(11-18)17-3/h6-7,9,13,17H,4-5,8,10-11H2,1-3H3. The van der Waals surface area contributed by atoms with Gasteiger partial charge in [0.05, 0.1) is 4.90 Å². The number of sulfonamides is 1. The van der Waals surface area contributed by atoms with Gasteiger partial charge in [-0.25, -0.2) is 8.42 Å². The van der Waals surface area contributed by atoms with Crippen LogP contribution in [-0.2, 0) is 16.4 Å². The Morgan fingerprint density at radius 1 is 1.36 bits per heavy atom. The van der Waals surface area contributed by atoms with Crippen LogP contribution in [0.4, 0.5) is 0 Å². The summed E-state index contributed by atoms with van der Waals surface area (Å²) in [4.78, 5) is 0.379. The third-order valence-electron chi connectivity index (χ3n) is 4.46. The topological polar surface area (TPSA) is 58.6 Å². The molecule has 2 heterocycles. The quantitative estimate of drug-likeness (QED) is 0.921. The summed E-state index contributed by atoms with van der Waals surface area (Å²) in [5, 5.41) is 3.18. The third-order valence-corrected chi connectivity index (χ3v) is 6.33. The normalized spacial score (nSPS) is 24.8. The van der Waals surface area contributed by atoms with Gasteiger partial charge in [-0.3, -0.25) is 0 Å². The molecule has 1 unspecified atom stereocenters. The van der Waals surface area contributed by atoms with Gasteiger partial charge in [-0.2, -0.15) is 4.31 Å². The summed E-state index contributed by atoms with van der Waals surface area (Å²) in [6, 6.07) is 5.47. The first-order valence-electron chi connectivity index (χ1n) is 7.81. The number of piperidine rings is 1. The molecular weight excluding hydrogens is 300 g/mol. The number of fused-ring (bicyclic) bond motifs is 1. The van der Waals surface area contributed by atoms with Crippen molar-refractivity contribution in [3.63, 3.8) is 0 Å². The van der Waals surface area contributed by atoms with Crippen LogP contribution in [0.5, 0.6) is 5.75 Å². The first-order chi connectivity index (χ1) is 10.3. The number of nitrogens with one attached hydrogen (secondary N) is 1. The fraction of sp³-hybridized carbons (Fsp3) is 0.625. The van der Waals surface area contributed by atoms with Gasteiger partial charge in [-0.15, -0.1) is 0 Å². The summed E-state index contributed by atoms with van der Waals surface area (Å²) >= 11 is 0. The van der Waals surface area contributed by atoms with Crippen molar-refractivity contribution in [2.75, 3.05) is 20.1 Å². The van der Waals surface area contributed by atoms with Crippen molar-refractivity contribution in [1.29, 1.82) is 0 Å². The van der Waals surface area contributed by atoms with E-state index in [4.69, 9.17) is 4.74 Å². The number of benzene rings is 1. The van der Waals surface area contributed by atoms with Crippen molar-refractivity contribution in [2.45, 2.75) is 49.6 Å². The number of likely N-dealkylation sites (N-methyl/N-ethyl adjacent to an activating group) is 1. The van der Waals surface area contributed by atoms with Gasteiger partial charge in [0.15, 0.2) is 0 Å². The van der Waals surface area contributed by atoms with Crippen molar-refractivity contribution < 1.29 is 13.2 Å². The number of hydrogen-bond acceptors (Lipinski definition) is 4. The highest BCUT2D eigenvalue weighted by Gasteiger charge is 2.33. The third kappa shape index (κ3) is 2.87. The average molecular weight is 324 g/mol. The summed E-state index contributed by atoms with van der Waals surface area (Å²) in [5.41, 5.74) is 0.723. The summed E-state index contributed by atoms with van der Waals surface area (Å²) in [5.74, 6) is 0.802. The molecule has 1 saturated heterocycles. The molecule has 1 aromatic carbocycles. The minimum Gasteiger partial charge on any atom is -0.487 e. The van der Waals surface area contributed by atoms with E-state index in [1.807, 2.05) is 20.9 Å². The highest BCUT2D eigenvalue weighted by molar-refractivity contribution is 7.89. The van der Waals surface area contributed by atoms with Crippen LogP contribution < -0.4 is 10.1 Å². The molecule has 3 rings (SSSR count). The molecule has 1 N–H and O–H groups in total. The molecule has 6 heteroatoms. The molecule has 2 aliphatic rings. The molecule has 0 aromatic heterocycles. The Morgan fingerprint density at radius 2 is 2.14 bits per heavy atom. The number of rotatable bonds is 3. The van der Waals surface area contributed by atoms with E-state index in [2.05, 4.69) is 5.32 Å². The number of ether oxygens (including phenoxy) is 1. The van der Waals surface area contributed by atoms with Crippen molar-refractivity contribution in [1.82, 2.24) is 9.62 Å². The largest absolute Gasteiger partial charge is 0.487 e. The van der Waals surface area contributed by atoms with Gasteiger partial charge in [-0.05, 0) is 57.5 Å². The molecule has 5 nitrogen and oxygen atoms in total. The predicted octanol–water partition coefficient (Wildman–Crippen LogP) is 1.77. The van der Waals surface area contributed by atoms with E-state index in [-0.39, 0.29) is 11.6 Å². The molecule has 22 heavy (non-hydrogen) atoms. The summed E-state index contributed by atoms with van der Waals surface area (Å²) in [6.45, 7) is 5.17. The van der Waals surface area contributed by atoms with Crippen LogP contribution in [0.2, 0.25) is 0 Å². The second-order valence-corrected chi connectivity index (χ2v) is 8.74. The Morgan fingerprint density at radius 3 is 2.86 bits per heavy atom. The van der Waals surface area contributed by atoms with Crippen LogP contribution in [-0.4, -0.2) is 44.5 Å². The van der Waals surface area contributed by atoms with E-state index in [1.165, 1.54) is 0 Å². The molecule has 1 fully saturated rings. The Bertz CT molecular complexity index is 670. The Hall–Kier alpha value is -1.11. The van der Waals surface area contributed by atoms with Crippen LogP contribution in [0, 0.1) is 0 Å². The van der Waals surface area contributed by atoms with E-state index in [0.717, 1.165) is 30.6 Å². The maximum atomic E-state index is 12.9. The molecule has 0 amide bonds. The minimum atomic E-state index is -3.43. The zero-order chi connectivity index (χ0) is 16.0. The van der Waals surface area contributed by atoms with Gasteiger partial charge in [0.1, 0.15) is 11.4 Å². The highest BCUT2D eigenvalue weighted by atomic mass is 32.2. The van der Waals surface area contributed by atoms with Gasteiger partial charge in [0.25, 0.3) is 0 Å². The van der Waals surface area contributed by atoms with Gasteiger partial charge in [-0.1, -0.05) is 0 Å². The molecule has 0 spiro atoms. The molecular formula is C16H24N2O3S. The molecule has 1 aromatic rings. The molecule has 122 valence electrons. The van der Waals surface area contributed by atoms with Crippen molar-refractivity contribution in [3.05, 3.63) is 23.8 Å². The highest BCUT2D eigenvalue weighted by Crippen LogP contribution is 2.36. The number of hydrogen-bond donors (Lipinski definition) is 1. The van der Waals surface area contributed by atoms with Gasteiger partial charge in [0.2, 0.25) is 10.0 Å². The minimum absolute atomic E-state index is 0.236. The van der Waals surface area contributed by atoms with Crippen LogP contribution in [0.3, 0.4) is 0 Å². The molecule has 0 aliphatic carbocycles. The monoisotopic (exact) mass is 324 g/mol. The van der Waals surface area contributed by atoms with Crippen molar-refractivity contribution in [3.8, 4) is 5.75 Å². The molecule has 1 atom stereocenters. The lowest BCUT2D eigenvalue weighted by Gasteiger charge is -2.31. The lowest BCUT2D eigenvalue weighted by atomic mass is 10.0. The van der Waals surface area contributed by atoms with Crippen LogP contribution >= 0.6 is 0 Å². The molecule has 0 radical (unpaired) electrons. The summed E-state index contributed by atoms with van der Waals surface area (Å²) in [6.07, 6.45) is 2.66. The van der Waals surface area contributed by atoms with Gasteiger partial charge in [0, 0.05) is 25.6 Å². The maximum Gasteiger partial charge on any atom is 0.243 e. The van der Waals surface area contributed by atoms with Crippen molar-refractivity contribution in [2.24, 2.45) is 0 Å². The first kappa shape index (κ1) is 15.8. The van der Waals surface area contributed by atoms with Crippen LogP contribution in [0.25, 0.3) is 0 Å². The van der Waals surface area contributed by atoms with E-state index in [1.54, 1.807) is 22.5 Å². The Labute approximate surface area is 132 Å². The molecule has 0 saturated carbocycles. The maximum absolute atomic E-state index is 12.9. The molecule has 2 aliphatic heterocycles. The van der Waals surface area contributed by atoms with E-state index >= 15 is 0 Å². The van der Waals surface area contributed by atoms with Crippen LogP contribution in [0.1, 0.15) is 32.3 Å². The lowest BCUT2D eigenvalue weighted by Crippen LogP contribution is -2.46. The zero-order valence-corrected chi connectivity index (χ0v) is 14.2. The average Bonchev–Trinajstić information content (AvgIpc) is 2.80. The fourth-order valence-electron chi connectivity index (χ4n) is 3.29.